The van der Waals surface area contributed by atoms with E-state index in [1.165, 1.54) is 72.0 Å². The molecule has 1 aliphatic heterocycles. The fraction of sp³-hybridized carbons (Fsp3) is 0.359. The van der Waals surface area contributed by atoms with Gasteiger partial charge < -0.3 is 55.4 Å². The summed E-state index contributed by atoms with van der Waals surface area (Å²) < 4.78 is 45.5. The minimum Gasteiger partial charge on any atom is -0.506 e. The molecule has 5 rings (SSSR count). The van der Waals surface area contributed by atoms with Crippen LogP contribution in [-0.4, -0.2) is 90.6 Å². The van der Waals surface area contributed by atoms with E-state index in [4.69, 9.17) is 129 Å². The van der Waals surface area contributed by atoms with Gasteiger partial charge in [-0.2, -0.15) is 6.42 Å². The van der Waals surface area contributed by atoms with Gasteiger partial charge in [0.15, 0.2) is 0 Å². The average Bonchev–Trinajstić information content (AvgIpc) is 3.90. The molecule has 1 saturated heterocycles. The minimum atomic E-state index is -1.63. The van der Waals surface area contributed by atoms with E-state index < -0.39 is 21.6 Å². The summed E-state index contributed by atoms with van der Waals surface area (Å²) in [5, 5.41) is 37.9. The molecule has 0 spiro atoms. The number of methoxy groups -OCH3 is 2. The molecule has 0 aromatic heterocycles. The maximum atomic E-state index is 9.96. The summed E-state index contributed by atoms with van der Waals surface area (Å²) in [6.07, 6.45) is 4.83. The zero-order valence-electron chi connectivity index (χ0n) is 36.7. The molecular weight excluding hydrogens is 1280 g/mol. The molecule has 0 bridgehead atoms. The van der Waals surface area contributed by atoms with Gasteiger partial charge in [-0.25, -0.2) is 0 Å². The number of phenols is 2. The van der Waals surface area contributed by atoms with Gasteiger partial charge in [-0.05, 0) is 87.2 Å². The van der Waals surface area contributed by atoms with Crippen LogP contribution >= 0.6 is 153 Å². The van der Waals surface area contributed by atoms with Gasteiger partial charge in [0.1, 0.15) is 43.1 Å². The number of phenolic OH excluding ortho intramolecular Hbond substituents is 2. The Morgan fingerprint density at radius 1 is 0.677 bits per heavy atom. The van der Waals surface area contributed by atoms with Crippen LogP contribution in [0.5, 0.6) is 23.0 Å². The second-order valence-electron chi connectivity index (χ2n) is 10.7. The number of alkyl halides is 1. The second-order valence-corrected chi connectivity index (χ2v) is 15.4. The zero-order valence-corrected chi connectivity index (χ0v) is 48.1. The summed E-state index contributed by atoms with van der Waals surface area (Å²) in [6.45, 7) is 7.72. The van der Waals surface area contributed by atoms with E-state index in [9.17, 15) is 4.39 Å². The van der Waals surface area contributed by atoms with Crippen molar-refractivity contribution in [1.29, 1.82) is 0 Å². The van der Waals surface area contributed by atoms with Gasteiger partial charge in [-0.3, -0.25) is 4.39 Å². The molecule has 26 heteroatoms. The average molecular weight is 1330 g/mol. The van der Waals surface area contributed by atoms with Crippen molar-refractivity contribution in [3.05, 3.63) is 111 Å². The topological polar surface area (TPSA) is 136 Å². The Bertz CT molecular complexity index is 1750. The van der Waals surface area contributed by atoms with Crippen LogP contribution in [0.15, 0.2) is 63.5 Å². The van der Waals surface area contributed by atoms with E-state index in [0.29, 0.717) is 36.1 Å². The third-order valence-electron chi connectivity index (χ3n) is 6.50. The van der Waals surface area contributed by atoms with Crippen LogP contribution in [0, 0.1) is 6.92 Å². The molecule has 0 atom stereocenters. The van der Waals surface area contributed by atoms with E-state index in [1.807, 2.05) is 0 Å². The van der Waals surface area contributed by atoms with Crippen LogP contribution in [0.2, 0.25) is 40.2 Å². The fourth-order valence-corrected chi connectivity index (χ4v) is 5.79. The molecule has 0 saturated carbocycles. The maximum absolute atomic E-state index is 9.96. The number of hydrogen-bond acceptors (Lipinski definition) is 10. The van der Waals surface area contributed by atoms with E-state index >= 15 is 0 Å². The number of rotatable bonds is 7. The molecule has 0 amide bonds. The number of unbranched alkanes of at least 4 members (excludes halogenated alkanes) is 1. The number of ether oxygens (including phenoxy) is 3. The molecule has 1 heterocycles. The number of hydrogen-bond donors (Lipinski definition) is 4. The first-order valence-electron chi connectivity index (χ1n) is 17.9. The number of aromatic hydroxyl groups is 2. The van der Waals surface area contributed by atoms with Gasteiger partial charge in [0.05, 0.1) is 42.8 Å². The van der Waals surface area contributed by atoms with Crippen LogP contribution in [0.25, 0.3) is 0 Å². The Balaban J connectivity index is -0.000000159. The number of benzene rings is 4. The third-order valence-corrected chi connectivity index (χ3v) is 11.7. The maximum Gasteiger partial charge on any atom is 1.00 e. The first kappa shape index (κ1) is 74.7. The van der Waals surface area contributed by atoms with E-state index in [-0.39, 0.29) is 63.3 Å². The first-order valence-corrected chi connectivity index (χ1v) is 25.5. The molecule has 4 aromatic rings. The molecule has 10 nitrogen and oxygen atoms in total. The van der Waals surface area contributed by atoms with E-state index in [1.54, 1.807) is 37.4 Å². The van der Waals surface area contributed by atoms with Crippen LogP contribution < -0.4 is 33.8 Å². The minimum absolute atomic E-state index is 0. The van der Waals surface area contributed by atoms with Gasteiger partial charge in [-0.1, -0.05) is 126 Å². The SMILES string of the molecule is BrBr.C.C1CCOC1.COB(OC)OC.COc1ccc(B(O)O)c(Cl)c1Cl.COc1ccc(Br)c(Cl)c1Cl.Oc1ccc(Br)c(Cl)c1Cl.Oc1cccc(Cl)c1Cl.[2H]CF.[CH2-]CCC.[Li+]. The quantitative estimate of drug-likeness (QED) is 0.0804. The molecule has 4 N–H and O–H groups in total. The summed E-state index contributed by atoms with van der Waals surface area (Å²) in [5.74, 6) is 0.995. The Morgan fingerprint density at radius 3 is 1.37 bits per heavy atom. The predicted molar refractivity (Wildman–Crippen MR) is 286 cm³/mol. The fourth-order valence-electron chi connectivity index (χ4n) is 3.38. The Kier molecular flexibility index (Phi) is 57.1. The van der Waals surface area contributed by atoms with Gasteiger partial charge >= 0.3 is 33.3 Å². The van der Waals surface area contributed by atoms with Gasteiger partial charge in [0.2, 0.25) is 0 Å². The molecule has 65 heavy (non-hydrogen) atoms. The molecular formula is C39H52B2Br4Cl8FLiO10. The van der Waals surface area contributed by atoms with Crippen molar-refractivity contribution >= 4 is 173 Å². The Morgan fingerprint density at radius 2 is 1.06 bits per heavy atom. The summed E-state index contributed by atoms with van der Waals surface area (Å²) in [7, 11) is 4.39. The smallest absolute Gasteiger partial charge is 0.506 e. The molecule has 4 aromatic carbocycles. The normalized spacial score (nSPS) is 10.2. The van der Waals surface area contributed by atoms with Gasteiger partial charge in [0, 0.05) is 77.2 Å². The van der Waals surface area contributed by atoms with E-state index in [0.717, 1.165) is 24.1 Å². The Hall–Kier alpha value is 0.737. The predicted octanol–water partition coefficient (Wildman–Crippen LogP) is 12.9. The summed E-state index contributed by atoms with van der Waals surface area (Å²) in [5.41, 5.74) is 0.160. The molecule has 0 aliphatic carbocycles. The largest absolute Gasteiger partial charge is 1.00 e. The van der Waals surface area contributed by atoms with Crippen LogP contribution in [-0.2, 0) is 18.7 Å². The summed E-state index contributed by atoms with van der Waals surface area (Å²) in [6, 6.07) is 14.3. The standard InChI is InChI=1S/C7H7BCl2O3.C7H5BrCl2O.C6H3BrCl2O.C6H4Cl2O.C4H8O.C4H9.C3H9BO3.CH3F.CH4.Br2.Li/c1-13-5-3-2-4(8(11)12)6(9)7(5)10;1-11-5-3-2-4(8)6(9)7(5)10;7-3-1-2-4(10)6(9)5(3)8;7-4-2-1-3-5(9)6(4)8;1-2-4-5-3-1;1-3-4-2;1-5-4(6-2)7-3;1-2;;1-2;/h2-3,11-12H,1H3;2-3H,1H3;1-2,10H;1-3,9H;1-4H2;1,3-4H2,2H3;1-3H3;1H3;1H4;;/q;;;;;-1;;;;;+1/i;;;;;;;1D;;;. The molecule has 0 unspecified atom stereocenters. The monoisotopic (exact) mass is 1320 g/mol. The molecule has 366 valence electrons. The van der Waals surface area contributed by atoms with Crippen LogP contribution in [0.3, 0.4) is 0 Å². The van der Waals surface area contributed by atoms with Crippen molar-refractivity contribution in [1.82, 2.24) is 0 Å². The van der Waals surface area contributed by atoms with Gasteiger partial charge in [-0.15, -0.1) is 0 Å². The second kappa shape index (κ2) is 49.7. The van der Waals surface area contributed by atoms with E-state index in [2.05, 4.69) is 87.9 Å². The first-order chi connectivity index (χ1) is 30.3. The van der Waals surface area contributed by atoms with Crippen LogP contribution in [0.1, 0.15) is 41.4 Å². The Labute approximate surface area is 470 Å². The molecule has 1 fully saturated rings. The van der Waals surface area contributed by atoms with Crippen LogP contribution in [0.4, 0.5) is 4.39 Å². The third kappa shape index (κ3) is 34.7. The van der Waals surface area contributed by atoms with Crippen molar-refractivity contribution < 1.29 is 73.1 Å². The zero-order chi connectivity index (χ0) is 50.4. The van der Waals surface area contributed by atoms with Gasteiger partial charge in [0.25, 0.3) is 0 Å². The van der Waals surface area contributed by atoms with Crippen molar-refractivity contribution in [2.45, 2.75) is 40.0 Å². The molecule has 1 aliphatic rings. The molecule has 0 radical (unpaired) electrons. The summed E-state index contributed by atoms with van der Waals surface area (Å²) >= 11 is 57.2. The van der Waals surface area contributed by atoms with Crippen molar-refractivity contribution in [3.63, 3.8) is 0 Å². The number of halogens is 13. The van der Waals surface area contributed by atoms with Crippen molar-refractivity contribution in [2.75, 3.05) is 55.9 Å². The summed E-state index contributed by atoms with van der Waals surface area (Å²) in [4.78, 5) is 0. The van der Waals surface area contributed by atoms with Crippen molar-refractivity contribution in [2.24, 2.45) is 0 Å². The van der Waals surface area contributed by atoms with Crippen molar-refractivity contribution in [3.8, 4) is 23.0 Å².